The summed E-state index contributed by atoms with van der Waals surface area (Å²) in [6, 6.07) is 54.6. The molecule has 14 heteroatoms. The van der Waals surface area contributed by atoms with E-state index < -0.39 is 55.0 Å². The number of hydrogen-bond acceptors (Lipinski definition) is 10. The third-order valence-corrected chi connectivity index (χ3v) is 19.3. The number of benzene rings is 8. The smallest absolute Gasteiger partial charge is 0.241 e. The molecule has 6 atom stereocenters. The highest BCUT2D eigenvalue weighted by atomic mass is 32.2. The van der Waals surface area contributed by atoms with E-state index in [0.717, 1.165) is 66.1 Å². The Morgan fingerprint density at radius 2 is 0.703 bits per heavy atom. The largest absolute Gasteiger partial charge is 0.508 e. The zero-order valence-corrected chi connectivity index (χ0v) is 42.2. The Hall–Kier alpha value is -7.62. The molecular weight excluding hydrogens is 973 g/mol. The molecule has 2 saturated heterocycles. The maximum Gasteiger partial charge on any atom is 0.241 e. The summed E-state index contributed by atoms with van der Waals surface area (Å²) in [6.07, 6.45) is -1.42. The maximum atomic E-state index is 14.2. The van der Waals surface area contributed by atoms with Gasteiger partial charge in [-0.1, -0.05) is 109 Å². The molecule has 376 valence electrons. The number of anilines is 2. The van der Waals surface area contributed by atoms with Gasteiger partial charge in [0.2, 0.25) is 20.0 Å². The van der Waals surface area contributed by atoms with Gasteiger partial charge in [0.1, 0.15) is 45.7 Å². The van der Waals surface area contributed by atoms with Gasteiger partial charge in [-0.05, 0) is 166 Å². The summed E-state index contributed by atoms with van der Waals surface area (Å²) in [4.78, 5) is 0. The lowest BCUT2D eigenvalue weighted by molar-refractivity contribution is 0.128. The van der Waals surface area contributed by atoms with Crippen LogP contribution in [0.2, 0.25) is 0 Å². The molecule has 4 aliphatic rings. The number of ether oxygens (including phenoxy) is 2. The predicted octanol–water partition coefficient (Wildman–Crippen LogP) is 11.1. The van der Waals surface area contributed by atoms with Crippen molar-refractivity contribution in [3.63, 3.8) is 0 Å². The first-order valence-corrected chi connectivity index (χ1v) is 27.7. The number of fused-ring (bicyclic) bond motifs is 6. The fourth-order valence-electron chi connectivity index (χ4n) is 11.3. The molecule has 0 aliphatic carbocycles. The van der Waals surface area contributed by atoms with E-state index in [-0.39, 0.29) is 23.0 Å². The van der Waals surface area contributed by atoms with E-state index in [2.05, 4.69) is 0 Å². The minimum absolute atomic E-state index is 0.136. The van der Waals surface area contributed by atoms with Crippen LogP contribution >= 0.6 is 0 Å². The average Bonchev–Trinajstić information content (AvgIpc) is 4.22. The molecule has 8 aromatic carbocycles. The topological polar surface area (TPSA) is 174 Å². The monoisotopic (exact) mass is 1030 g/mol. The van der Waals surface area contributed by atoms with Crippen molar-refractivity contribution < 1.29 is 46.7 Å². The van der Waals surface area contributed by atoms with Gasteiger partial charge in [-0.3, -0.25) is 8.61 Å². The molecule has 0 amide bonds. The van der Waals surface area contributed by atoms with Crippen LogP contribution in [0.5, 0.6) is 23.0 Å². The zero-order valence-electron chi connectivity index (χ0n) is 40.6. The van der Waals surface area contributed by atoms with E-state index >= 15 is 0 Å². The van der Waals surface area contributed by atoms with Gasteiger partial charge in [-0.2, -0.15) is 0 Å². The van der Waals surface area contributed by atoms with Crippen LogP contribution in [0.4, 0.5) is 11.4 Å². The summed E-state index contributed by atoms with van der Waals surface area (Å²) < 4.78 is 72.3. The van der Waals surface area contributed by atoms with Gasteiger partial charge in [0, 0.05) is 13.1 Å². The first-order chi connectivity index (χ1) is 35.7. The van der Waals surface area contributed by atoms with Crippen LogP contribution in [-0.4, -0.2) is 85.3 Å². The summed E-state index contributed by atoms with van der Waals surface area (Å²) in [5, 5.41) is 41.9. The SMILES string of the molecule is CCN(c1ccc2ccccc2c1)S(=O)(=O)[C@@H]1C[C@@H]2O[C@H]1C(c1ccc(O)cc1)=C2c1ccc(O)cc1.CCN(c1ccc2ccccc2c1)S(=O)(=O)[C@H]1C[C@H]2O[C@@H]1C(c1ccc(O)cc1)=C2c1ccc(O)cc1. The molecule has 8 aromatic rings. The highest BCUT2D eigenvalue weighted by Crippen LogP contribution is 2.53. The first-order valence-electron chi connectivity index (χ1n) is 24.7. The van der Waals surface area contributed by atoms with Crippen molar-refractivity contribution in [2.75, 3.05) is 21.7 Å². The van der Waals surface area contributed by atoms with Crippen molar-refractivity contribution in [2.24, 2.45) is 0 Å². The third kappa shape index (κ3) is 8.70. The lowest BCUT2D eigenvalue weighted by Crippen LogP contribution is -2.43. The lowest BCUT2D eigenvalue weighted by Gasteiger charge is -2.31. The third-order valence-electron chi connectivity index (χ3n) is 14.7. The minimum Gasteiger partial charge on any atom is -0.508 e. The summed E-state index contributed by atoms with van der Waals surface area (Å²) in [7, 11) is -7.56. The fourth-order valence-corrected chi connectivity index (χ4v) is 15.3. The van der Waals surface area contributed by atoms with E-state index in [0.29, 0.717) is 37.3 Å². The van der Waals surface area contributed by atoms with Crippen LogP contribution in [0.3, 0.4) is 0 Å². The van der Waals surface area contributed by atoms with Crippen LogP contribution in [0, 0.1) is 0 Å². The highest BCUT2D eigenvalue weighted by molar-refractivity contribution is 7.93. The summed E-state index contributed by atoms with van der Waals surface area (Å²) in [5.41, 5.74) is 8.12. The Morgan fingerprint density at radius 3 is 1.01 bits per heavy atom. The Morgan fingerprint density at radius 1 is 0.405 bits per heavy atom. The van der Waals surface area contributed by atoms with Crippen LogP contribution in [0.15, 0.2) is 182 Å². The standard InChI is InChI=1S/2C30H27NO5S/c2*1-2-31(23-12-7-19-5-3-4-6-22(19)17-23)37(34,35)27-18-26-28(20-8-13-24(32)14-9-20)29(30(27)36-26)21-10-15-25(33)16-11-21/h2*3-17,26-27,30,32-33H,2,18H2,1H3/t2*26-,27+,30+/m10/s1. The maximum absolute atomic E-state index is 14.2. The predicted molar refractivity (Wildman–Crippen MR) is 292 cm³/mol. The molecular formula is C60H54N2O10S2. The zero-order chi connectivity index (χ0) is 51.5. The van der Waals surface area contributed by atoms with E-state index in [1.54, 1.807) is 72.8 Å². The van der Waals surface area contributed by atoms with Gasteiger partial charge in [0.25, 0.3) is 0 Å². The number of hydrogen-bond donors (Lipinski definition) is 4. The molecule has 4 N–H and O–H groups in total. The normalized spacial score (nSPS) is 21.1. The summed E-state index contributed by atoms with van der Waals surface area (Å²) >= 11 is 0. The molecule has 0 radical (unpaired) electrons. The Balaban J connectivity index is 0.000000159. The summed E-state index contributed by atoms with van der Waals surface area (Å²) in [5.74, 6) is 0.595. The number of nitrogens with zero attached hydrogens (tertiary/aromatic N) is 2. The van der Waals surface area contributed by atoms with Crippen molar-refractivity contribution in [1.82, 2.24) is 0 Å². The average molecular weight is 1030 g/mol. The Bertz CT molecular complexity index is 3470. The van der Waals surface area contributed by atoms with Gasteiger partial charge >= 0.3 is 0 Å². The van der Waals surface area contributed by atoms with Crippen molar-refractivity contribution in [2.45, 2.75) is 61.6 Å². The number of aromatic hydroxyl groups is 4. The van der Waals surface area contributed by atoms with E-state index in [9.17, 15) is 37.3 Å². The number of phenols is 4. The second kappa shape index (κ2) is 19.3. The first kappa shape index (κ1) is 48.6. The molecule has 2 fully saturated rings. The van der Waals surface area contributed by atoms with Gasteiger partial charge < -0.3 is 29.9 Å². The second-order valence-electron chi connectivity index (χ2n) is 19.0. The van der Waals surface area contributed by atoms with E-state index in [1.165, 1.54) is 8.61 Å². The van der Waals surface area contributed by atoms with Gasteiger partial charge in [-0.25, -0.2) is 16.8 Å². The van der Waals surface area contributed by atoms with Gasteiger partial charge in [0.15, 0.2) is 0 Å². The minimum atomic E-state index is -3.78. The van der Waals surface area contributed by atoms with Crippen molar-refractivity contribution in [1.29, 1.82) is 0 Å². The van der Waals surface area contributed by atoms with Crippen LogP contribution in [0.1, 0.15) is 48.9 Å². The highest BCUT2D eigenvalue weighted by Gasteiger charge is 2.55. The molecule has 4 aliphatic heterocycles. The Kier molecular flexibility index (Phi) is 12.7. The molecule has 4 heterocycles. The van der Waals surface area contributed by atoms with E-state index in [4.69, 9.17) is 9.47 Å². The molecule has 12 rings (SSSR count). The molecule has 0 aromatic heterocycles. The van der Waals surface area contributed by atoms with Gasteiger partial charge in [-0.15, -0.1) is 0 Å². The number of sulfonamides is 2. The second-order valence-corrected chi connectivity index (χ2v) is 23.1. The molecule has 0 spiro atoms. The van der Waals surface area contributed by atoms with Crippen molar-refractivity contribution in [3.05, 3.63) is 204 Å². The van der Waals surface area contributed by atoms with Crippen LogP contribution in [-0.2, 0) is 29.5 Å². The van der Waals surface area contributed by atoms with Crippen LogP contribution in [0.25, 0.3) is 43.8 Å². The van der Waals surface area contributed by atoms with Crippen LogP contribution < -0.4 is 8.61 Å². The Labute approximate surface area is 430 Å². The molecule has 0 saturated carbocycles. The fraction of sp³-hybridized carbons (Fsp3) is 0.200. The quantitative estimate of drug-likeness (QED) is 0.0922. The molecule has 4 bridgehead atoms. The molecule has 12 nitrogen and oxygen atoms in total. The summed E-state index contributed by atoms with van der Waals surface area (Å²) in [6.45, 7) is 4.30. The van der Waals surface area contributed by atoms with E-state index in [1.807, 2.05) is 123 Å². The number of rotatable bonds is 12. The van der Waals surface area contributed by atoms with Crippen molar-refractivity contribution >= 4 is 75.3 Å². The molecule has 74 heavy (non-hydrogen) atoms. The number of phenolic OH excluding ortho intramolecular Hbond substituents is 4. The van der Waals surface area contributed by atoms with Gasteiger partial charge in [0.05, 0.1) is 23.6 Å². The lowest BCUT2D eigenvalue weighted by atomic mass is 9.83. The molecule has 0 unspecified atom stereocenters. The van der Waals surface area contributed by atoms with Crippen molar-refractivity contribution in [3.8, 4) is 23.0 Å².